The second-order valence-corrected chi connectivity index (χ2v) is 4.59. The molecule has 0 amide bonds. The summed E-state index contributed by atoms with van der Waals surface area (Å²) in [6.45, 7) is 2.10. The van der Waals surface area contributed by atoms with E-state index in [1.54, 1.807) is 6.07 Å². The van der Waals surface area contributed by atoms with Crippen LogP contribution in [0.3, 0.4) is 0 Å². The third-order valence-electron chi connectivity index (χ3n) is 3.02. The molecule has 2 rings (SSSR count). The molecule has 0 bridgehead atoms. The van der Waals surface area contributed by atoms with Gasteiger partial charge in [-0.3, -0.25) is 0 Å². The normalized spacial score (nSPS) is 16.6. The monoisotopic (exact) mass is 234 g/mol. The van der Waals surface area contributed by atoms with Gasteiger partial charge < -0.3 is 4.90 Å². The number of halogens is 1. The van der Waals surface area contributed by atoms with Crippen LogP contribution in [0.2, 0.25) is 5.02 Å². The number of benzene rings is 1. The Morgan fingerprint density at radius 1 is 1.12 bits per heavy atom. The van der Waals surface area contributed by atoms with Crippen LogP contribution in [0.25, 0.3) is 0 Å². The molecule has 0 spiro atoms. The van der Waals surface area contributed by atoms with Gasteiger partial charge in [-0.05, 0) is 31.0 Å². The highest BCUT2D eigenvalue weighted by Crippen LogP contribution is 2.28. The average Bonchev–Trinajstić information content (AvgIpc) is 2.58. The molecule has 0 aliphatic carbocycles. The topological polar surface area (TPSA) is 27.0 Å². The molecule has 0 radical (unpaired) electrons. The fourth-order valence-corrected chi connectivity index (χ4v) is 2.37. The molecular weight excluding hydrogens is 220 g/mol. The summed E-state index contributed by atoms with van der Waals surface area (Å²) in [5.74, 6) is 0. The highest BCUT2D eigenvalue weighted by molar-refractivity contribution is 6.33. The standard InChI is InChI=1S/C13H15ClN2/c14-12-6-5-11(10-15)9-13(12)16-7-3-1-2-4-8-16/h5-6,9H,1-4,7-8H2. The van der Waals surface area contributed by atoms with E-state index in [1.807, 2.05) is 12.1 Å². The lowest BCUT2D eigenvalue weighted by Gasteiger charge is -2.23. The summed E-state index contributed by atoms with van der Waals surface area (Å²) < 4.78 is 0. The molecule has 2 nitrogen and oxygen atoms in total. The lowest BCUT2D eigenvalue weighted by atomic mass is 10.2. The van der Waals surface area contributed by atoms with Gasteiger partial charge in [0.15, 0.2) is 0 Å². The van der Waals surface area contributed by atoms with Crippen molar-refractivity contribution in [2.45, 2.75) is 25.7 Å². The van der Waals surface area contributed by atoms with E-state index in [1.165, 1.54) is 25.7 Å². The van der Waals surface area contributed by atoms with E-state index in [4.69, 9.17) is 16.9 Å². The molecule has 16 heavy (non-hydrogen) atoms. The zero-order valence-corrected chi connectivity index (χ0v) is 10.0. The molecule has 1 aliphatic heterocycles. The summed E-state index contributed by atoms with van der Waals surface area (Å²) in [5, 5.41) is 9.65. The number of nitrogens with zero attached hydrogens (tertiary/aromatic N) is 2. The lowest BCUT2D eigenvalue weighted by Crippen LogP contribution is -2.24. The summed E-state index contributed by atoms with van der Waals surface area (Å²) in [6.07, 6.45) is 5.03. The van der Waals surface area contributed by atoms with Crippen LogP contribution in [0.15, 0.2) is 18.2 Å². The minimum absolute atomic E-state index is 0.684. The third kappa shape index (κ3) is 2.48. The molecule has 0 N–H and O–H groups in total. The quantitative estimate of drug-likeness (QED) is 0.743. The van der Waals surface area contributed by atoms with Crippen molar-refractivity contribution in [1.29, 1.82) is 5.26 Å². The minimum atomic E-state index is 0.684. The molecule has 84 valence electrons. The van der Waals surface area contributed by atoms with Gasteiger partial charge in [0.25, 0.3) is 0 Å². The zero-order valence-electron chi connectivity index (χ0n) is 9.25. The molecule has 0 aromatic heterocycles. The third-order valence-corrected chi connectivity index (χ3v) is 3.34. The van der Waals surface area contributed by atoms with E-state index in [0.29, 0.717) is 5.56 Å². The Morgan fingerprint density at radius 3 is 2.44 bits per heavy atom. The van der Waals surface area contributed by atoms with Gasteiger partial charge >= 0.3 is 0 Å². The fourth-order valence-electron chi connectivity index (χ4n) is 2.14. The van der Waals surface area contributed by atoms with Gasteiger partial charge in [-0.25, -0.2) is 0 Å². The molecule has 1 saturated heterocycles. The van der Waals surface area contributed by atoms with Gasteiger partial charge in [-0.1, -0.05) is 24.4 Å². The smallest absolute Gasteiger partial charge is 0.0992 e. The highest BCUT2D eigenvalue weighted by Gasteiger charge is 2.13. The molecule has 1 heterocycles. The number of rotatable bonds is 1. The minimum Gasteiger partial charge on any atom is -0.370 e. The maximum atomic E-state index is 8.90. The van der Waals surface area contributed by atoms with E-state index in [2.05, 4.69) is 11.0 Å². The van der Waals surface area contributed by atoms with Gasteiger partial charge in [0.2, 0.25) is 0 Å². The maximum absolute atomic E-state index is 8.90. The summed E-state index contributed by atoms with van der Waals surface area (Å²) in [7, 11) is 0. The van der Waals surface area contributed by atoms with Crippen molar-refractivity contribution >= 4 is 17.3 Å². The number of hydrogen-bond donors (Lipinski definition) is 0. The molecule has 1 aliphatic rings. The molecule has 1 aromatic rings. The van der Waals surface area contributed by atoms with E-state index < -0.39 is 0 Å². The molecule has 1 fully saturated rings. The van der Waals surface area contributed by atoms with Crippen molar-refractivity contribution < 1.29 is 0 Å². The lowest BCUT2D eigenvalue weighted by molar-refractivity contribution is 0.726. The first-order chi connectivity index (χ1) is 7.81. The average molecular weight is 235 g/mol. The van der Waals surface area contributed by atoms with Gasteiger partial charge in [0.05, 0.1) is 22.3 Å². The Balaban J connectivity index is 2.27. The molecule has 0 atom stereocenters. The van der Waals surface area contributed by atoms with Crippen LogP contribution in [-0.4, -0.2) is 13.1 Å². The Labute approximate surface area is 101 Å². The van der Waals surface area contributed by atoms with Crippen LogP contribution < -0.4 is 4.90 Å². The first kappa shape index (κ1) is 11.3. The largest absolute Gasteiger partial charge is 0.370 e. The molecule has 1 aromatic carbocycles. The van der Waals surface area contributed by atoms with E-state index in [-0.39, 0.29) is 0 Å². The predicted octanol–water partition coefficient (Wildman–Crippen LogP) is 3.59. The van der Waals surface area contributed by atoms with Gasteiger partial charge in [-0.15, -0.1) is 0 Å². The maximum Gasteiger partial charge on any atom is 0.0992 e. The number of anilines is 1. The van der Waals surface area contributed by atoms with Crippen LogP contribution in [0, 0.1) is 11.3 Å². The van der Waals surface area contributed by atoms with Crippen molar-refractivity contribution in [1.82, 2.24) is 0 Å². The van der Waals surface area contributed by atoms with Crippen molar-refractivity contribution in [3.63, 3.8) is 0 Å². The van der Waals surface area contributed by atoms with Gasteiger partial charge in [0.1, 0.15) is 0 Å². The Morgan fingerprint density at radius 2 is 1.81 bits per heavy atom. The van der Waals surface area contributed by atoms with Crippen molar-refractivity contribution in [3.05, 3.63) is 28.8 Å². The van der Waals surface area contributed by atoms with Crippen LogP contribution in [0.4, 0.5) is 5.69 Å². The first-order valence-corrected chi connectivity index (χ1v) is 6.13. The summed E-state index contributed by atoms with van der Waals surface area (Å²) in [6, 6.07) is 7.65. The van der Waals surface area contributed by atoms with Crippen molar-refractivity contribution in [2.24, 2.45) is 0 Å². The Hall–Kier alpha value is -1.20. The van der Waals surface area contributed by atoms with E-state index in [0.717, 1.165) is 23.8 Å². The van der Waals surface area contributed by atoms with E-state index in [9.17, 15) is 0 Å². The summed E-state index contributed by atoms with van der Waals surface area (Å²) in [4.78, 5) is 2.30. The SMILES string of the molecule is N#Cc1ccc(Cl)c(N2CCCCCC2)c1. The van der Waals surface area contributed by atoms with Crippen LogP contribution in [0.1, 0.15) is 31.2 Å². The van der Waals surface area contributed by atoms with Gasteiger partial charge in [-0.2, -0.15) is 5.26 Å². The molecule has 3 heteroatoms. The summed E-state index contributed by atoms with van der Waals surface area (Å²) in [5.41, 5.74) is 1.70. The second kappa shape index (κ2) is 5.23. The Kier molecular flexibility index (Phi) is 3.69. The first-order valence-electron chi connectivity index (χ1n) is 5.76. The van der Waals surface area contributed by atoms with Crippen LogP contribution >= 0.6 is 11.6 Å². The van der Waals surface area contributed by atoms with E-state index >= 15 is 0 Å². The summed E-state index contributed by atoms with van der Waals surface area (Å²) >= 11 is 6.19. The van der Waals surface area contributed by atoms with Crippen molar-refractivity contribution in [3.8, 4) is 6.07 Å². The Bertz CT molecular complexity index is 401. The van der Waals surface area contributed by atoms with Crippen molar-refractivity contribution in [2.75, 3.05) is 18.0 Å². The molecule has 0 unspecified atom stereocenters. The second-order valence-electron chi connectivity index (χ2n) is 4.18. The van der Waals surface area contributed by atoms with Gasteiger partial charge in [0, 0.05) is 13.1 Å². The number of hydrogen-bond acceptors (Lipinski definition) is 2. The van der Waals surface area contributed by atoms with Crippen LogP contribution in [-0.2, 0) is 0 Å². The molecule has 0 saturated carbocycles. The van der Waals surface area contributed by atoms with Crippen LogP contribution in [0.5, 0.6) is 0 Å². The predicted molar refractivity (Wildman–Crippen MR) is 66.8 cm³/mol. The number of nitriles is 1. The molecular formula is C13H15ClN2. The highest BCUT2D eigenvalue weighted by atomic mass is 35.5. The zero-order chi connectivity index (χ0) is 11.4. The fraction of sp³-hybridized carbons (Fsp3) is 0.462.